The maximum atomic E-state index is 13.0. The van der Waals surface area contributed by atoms with E-state index < -0.39 is 0 Å². The molecule has 1 unspecified atom stereocenters. The maximum Gasteiger partial charge on any atom is 0.246 e. The van der Waals surface area contributed by atoms with Crippen molar-refractivity contribution in [1.82, 2.24) is 4.90 Å². The van der Waals surface area contributed by atoms with Gasteiger partial charge in [-0.05, 0) is 42.5 Å². The van der Waals surface area contributed by atoms with Gasteiger partial charge in [0.05, 0.1) is 7.11 Å². The smallest absolute Gasteiger partial charge is 0.246 e. The lowest BCUT2D eigenvalue weighted by Gasteiger charge is -2.37. The Hall–Kier alpha value is -2.82. The molecule has 0 aromatic heterocycles. The van der Waals surface area contributed by atoms with E-state index in [1.54, 1.807) is 16.9 Å². The molecule has 27 heavy (non-hydrogen) atoms. The molecular weight excluding hydrogens is 340 g/mol. The lowest BCUT2D eigenvalue weighted by molar-refractivity contribution is -0.140. The van der Waals surface area contributed by atoms with E-state index in [9.17, 15) is 9.59 Å². The van der Waals surface area contributed by atoms with E-state index in [4.69, 9.17) is 4.74 Å². The van der Waals surface area contributed by atoms with E-state index >= 15 is 0 Å². The molecule has 2 amide bonds. The summed E-state index contributed by atoms with van der Waals surface area (Å²) in [6.45, 7) is 1.23. The summed E-state index contributed by atoms with van der Waals surface area (Å²) in [5.74, 6) is 0.776. The number of amides is 2. The van der Waals surface area contributed by atoms with Gasteiger partial charge in [-0.2, -0.15) is 0 Å². The minimum Gasteiger partial charge on any atom is -0.497 e. The lowest BCUT2D eigenvalue weighted by Crippen LogP contribution is -2.54. The average Bonchev–Trinajstić information content (AvgIpc) is 2.72. The first kappa shape index (κ1) is 17.6. The van der Waals surface area contributed by atoms with Gasteiger partial charge in [0.1, 0.15) is 12.3 Å². The molecule has 0 radical (unpaired) electrons. The highest BCUT2D eigenvalue weighted by Gasteiger charge is 2.33. The second kappa shape index (κ2) is 7.43. The van der Waals surface area contributed by atoms with E-state index in [-0.39, 0.29) is 24.3 Å². The molecule has 0 saturated carbocycles. The molecule has 1 atom stereocenters. The Morgan fingerprint density at radius 1 is 1.07 bits per heavy atom. The Labute approximate surface area is 159 Å². The highest BCUT2D eigenvalue weighted by Crippen LogP contribution is 2.28. The zero-order chi connectivity index (χ0) is 18.8. The van der Waals surface area contributed by atoms with Crippen molar-refractivity contribution < 1.29 is 14.3 Å². The Balaban J connectivity index is 1.42. The molecule has 1 fully saturated rings. The zero-order valence-electron chi connectivity index (χ0n) is 15.6. The van der Waals surface area contributed by atoms with Gasteiger partial charge in [0, 0.05) is 30.8 Å². The molecule has 1 aliphatic carbocycles. The van der Waals surface area contributed by atoms with Crippen LogP contribution in [-0.2, 0) is 22.4 Å². The normalized spacial score (nSPS) is 19.6. The van der Waals surface area contributed by atoms with E-state index in [1.807, 2.05) is 30.3 Å². The van der Waals surface area contributed by atoms with E-state index in [2.05, 4.69) is 18.2 Å². The number of ether oxygens (including phenoxy) is 1. The van der Waals surface area contributed by atoms with Crippen LogP contribution < -0.4 is 9.64 Å². The number of aryl methyl sites for hydroxylation is 1. The van der Waals surface area contributed by atoms with Crippen molar-refractivity contribution in [1.29, 1.82) is 0 Å². The van der Waals surface area contributed by atoms with E-state index in [1.165, 1.54) is 11.1 Å². The van der Waals surface area contributed by atoms with Crippen LogP contribution in [0.5, 0.6) is 5.75 Å². The number of hydrogen-bond acceptors (Lipinski definition) is 3. The molecule has 4 rings (SSSR count). The van der Waals surface area contributed by atoms with Gasteiger partial charge in [-0.25, -0.2) is 0 Å². The summed E-state index contributed by atoms with van der Waals surface area (Å²) in [6, 6.07) is 15.8. The van der Waals surface area contributed by atoms with Crippen LogP contribution in [0.1, 0.15) is 17.5 Å². The molecular formula is C22H24N2O3. The first-order chi connectivity index (χ1) is 13.2. The summed E-state index contributed by atoms with van der Waals surface area (Å²) in [7, 11) is 1.61. The fraction of sp³-hybridized carbons (Fsp3) is 0.364. The number of nitrogens with zero attached hydrogens (tertiary/aromatic N) is 2. The SMILES string of the molecule is COc1cccc(N2CCN(C(=O)C3CCc4ccccc4C3)CC2=O)c1. The van der Waals surface area contributed by atoms with Crippen LogP contribution in [0.4, 0.5) is 5.69 Å². The lowest BCUT2D eigenvalue weighted by atomic mass is 9.83. The van der Waals surface area contributed by atoms with Gasteiger partial charge in [-0.1, -0.05) is 30.3 Å². The van der Waals surface area contributed by atoms with Crippen molar-refractivity contribution in [3.05, 3.63) is 59.7 Å². The fourth-order valence-corrected chi connectivity index (χ4v) is 4.08. The average molecular weight is 364 g/mol. The quantitative estimate of drug-likeness (QED) is 0.841. The van der Waals surface area contributed by atoms with E-state index in [0.717, 1.165) is 30.7 Å². The largest absolute Gasteiger partial charge is 0.497 e. The monoisotopic (exact) mass is 364 g/mol. The Bertz CT molecular complexity index is 864. The zero-order valence-corrected chi connectivity index (χ0v) is 15.6. The third-order valence-electron chi connectivity index (χ3n) is 5.59. The van der Waals surface area contributed by atoms with Crippen LogP contribution in [0.2, 0.25) is 0 Å². The molecule has 2 aliphatic rings. The number of carbonyl (C=O) groups excluding carboxylic acids is 2. The predicted octanol–water partition coefficient (Wildman–Crippen LogP) is 2.68. The van der Waals surface area contributed by atoms with Crippen molar-refractivity contribution >= 4 is 17.5 Å². The number of rotatable bonds is 3. The van der Waals surface area contributed by atoms with Gasteiger partial charge in [0.2, 0.25) is 11.8 Å². The van der Waals surface area contributed by atoms with Gasteiger partial charge < -0.3 is 14.5 Å². The fourth-order valence-electron chi connectivity index (χ4n) is 4.08. The molecule has 5 heteroatoms. The van der Waals surface area contributed by atoms with Gasteiger partial charge >= 0.3 is 0 Å². The minimum absolute atomic E-state index is 0.0175. The van der Waals surface area contributed by atoms with Crippen LogP contribution in [0, 0.1) is 5.92 Å². The molecule has 1 aliphatic heterocycles. The van der Waals surface area contributed by atoms with Crippen molar-refractivity contribution in [2.45, 2.75) is 19.3 Å². The van der Waals surface area contributed by atoms with Crippen molar-refractivity contribution in [2.24, 2.45) is 5.92 Å². The summed E-state index contributed by atoms with van der Waals surface area (Å²) in [6.07, 6.45) is 2.57. The Morgan fingerprint density at radius 2 is 1.89 bits per heavy atom. The van der Waals surface area contributed by atoms with Crippen LogP contribution in [0.15, 0.2) is 48.5 Å². The van der Waals surface area contributed by atoms with E-state index in [0.29, 0.717) is 13.1 Å². The summed E-state index contributed by atoms with van der Waals surface area (Å²) in [5, 5.41) is 0. The number of anilines is 1. The third-order valence-corrected chi connectivity index (χ3v) is 5.59. The number of benzene rings is 2. The van der Waals surface area contributed by atoms with Gasteiger partial charge in [-0.3, -0.25) is 9.59 Å². The van der Waals surface area contributed by atoms with Crippen molar-refractivity contribution in [3.8, 4) is 5.75 Å². The minimum atomic E-state index is -0.0425. The topological polar surface area (TPSA) is 49.9 Å². The number of fused-ring (bicyclic) bond motifs is 1. The predicted molar refractivity (Wildman–Crippen MR) is 104 cm³/mol. The number of hydrogen-bond donors (Lipinski definition) is 0. The summed E-state index contributed by atoms with van der Waals surface area (Å²) < 4.78 is 5.25. The van der Waals surface area contributed by atoms with Crippen LogP contribution in [0.3, 0.4) is 0 Å². The summed E-state index contributed by atoms with van der Waals surface area (Å²) in [4.78, 5) is 29.1. The van der Waals surface area contributed by atoms with Gasteiger partial charge in [0.15, 0.2) is 0 Å². The summed E-state index contributed by atoms with van der Waals surface area (Å²) in [5.41, 5.74) is 3.43. The molecule has 1 heterocycles. The van der Waals surface area contributed by atoms with Crippen molar-refractivity contribution in [3.63, 3.8) is 0 Å². The standard InChI is InChI=1S/C22H24N2O3/c1-27-20-8-4-7-19(14-20)24-12-11-23(15-21(24)25)22(26)18-10-9-16-5-2-3-6-17(16)13-18/h2-8,14,18H,9-13,15H2,1H3. The van der Waals surface area contributed by atoms with Gasteiger partial charge in [0.25, 0.3) is 0 Å². The number of piperazine rings is 1. The first-order valence-corrected chi connectivity index (χ1v) is 9.45. The van der Waals surface area contributed by atoms with Crippen molar-refractivity contribution in [2.75, 3.05) is 31.6 Å². The number of carbonyl (C=O) groups is 2. The molecule has 5 nitrogen and oxygen atoms in total. The highest BCUT2D eigenvalue weighted by atomic mass is 16.5. The van der Waals surface area contributed by atoms with Crippen LogP contribution in [0.25, 0.3) is 0 Å². The van der Waals surface area contributed by atoms with Gasteiger partial charge in [-0.15, -0.1) is 0 Å². The van der Waals surface area contributed by atoms with Crippen LogP contribution >= 0.6 is 0 Å². The molecule has 2 aromatic rings. The number of methoxy groups -OCH3 is 1. The molecule has 1 saturated heterocycles. The second-order valence-electron chi connectivity index (χ2n) is 7.22. The first-order valence-electron chi connectivity index (χ1n) is 9.45. The molecule has 2 aromatic carbocycles. The highest BCUT2D eigenvalue weighted by molar-refractivity contribution is 5.98. The molecule has 0 spiro atoms. The molecule has 140 valence electrons. The molecule has 0 N–H and O–H groups in total. The molecule has 0 bridgehead atoms. The maximum absolute atomic E-state index is 13.0. The second-order valence-corrected chi connectivity index (χ2v) is 7.22. The Kier molecular flexibility index (Phi) is 4.84. The third kappa shape index (κ3) is 3.54. The summed E-state index contributed by atoms with van der Waals surface area (Å²) >= 11 is 0. The van der Waals surface area contributed by atoms with Crippen LogP contribution in [-0.4, -0.2) is 43.5 Å². The Morgan fingerprint density at radius 3 is 2.67 bits per heavy atom.